The second-order valence-electron chi connectivity index (χ2n) is 11.7. The Hall–Kier alpha value is -3.50. The van der Waals surface area contributed by atoms with E-state index in [0.29, 0.717) is 43.7 Å². The standard InChI is InChI=1S/C37H46O7P2/c1-41-33-15-7-29(8-16-33)24-45(39,25-30-9-17-34(42-2)18-10-30)28-37(6-5-23-38)46(40,26-31-11-19-35(43-3)20-12-31)27-32-13-21-36(44-4)22-14-32/h7-22,37-38H,5-6,23-28H2,1-4H3. The number of methoxy groups -OCH3 is 4. The first-order valence-corrected chi connectivity index (χ1v) is 19.9. The predicted octanol–water partition coefficient (Wildman–Crippen LogP) is 8.69. The van der Waals surface area contributed by atoms with E-state index in [0.717, 1.165) is 45.3 Å². The minimum absolute atomic E-state index is 0.0250. The number of hydrogen-bond acceptors (Lipinski definition) is 7. The topological polar surface area (TPSA) is 91.3 Å². The molecule has 0 aliphatic carbocycles. The van der Waals surface area contributed by atoms with Crippen LogP contribution in [0.4, 0.5) is 0 Å². The number of benzene rings is 4. The SMILES string of the molecule is COc1ccc(CP(=O)(Cc2ccc(OC)cc2)CC(CCCO)P(=O)(Cc2ccc(OC)cc2)Cc2ccc(OC)cc2)cc1. The summed E-state index contributed by atoms with van der Waals surface area (Å²) in [6.45, 7) is -0.0250. The molecule has 9 heteroatoms. The molecule has 0 aliphatic rings. The molecule has 0 aliphatic heterocycles. The van der Waals surface area contributed by atoms with E-state index in [4.69, 9.17) is 18.9 Å². The van der Waals surface area contributed by atoms with Crippen LogP contribution >= 0.6 is 14.3 Å². The van der Waals surface area contributed by atoms with Crippen molar-refractivity contribution in [2.24, 2.45) is 0 Å². The summed E-state index contributed by atoms with van der Waals surface area (Å²) in [7, 11) is 0.392. The maximum Gasteiger partial charge on any atom is 0.118 e. The Bertz CT molecular complexity index is 1480. The molecule has 0 bridgehead atoms. The third-order valence-corrected chi connectivity index (χ3v) is 15.2. The molecule has 0 amide bonds. The highest BCUT2D eigenvalue weighted by atomic mass is 31.2. The molecule has 0 spiro atoms. The van der Waals surface area contributed by atoms with Gasteiger partial charge >= 0.3 is 0 Å². The summed E-state index contributed by atoms with van der Waals surface area (Å²) < 4.78 is 52.2. The van der Waals surface area contributed by atoms with Crippen LogP contribution in [0.3, 0.4) is 0 Å². The van der Waals surface area contributed by atoms with Gasteiger partial charge in [0.2, 0.25) is 0 Å². The summed E-state index contributed by atoms with van der Waals surface area (Å²) in [6.07, 6.45) is 2.72. The van der Waals surface area contributed by atoms with Crippen molar-refractivity contribution in [3.05, 3.63) is 119 Å². The van der Waals surface area contributed by atoms with Crippen LogP contribution in [0.1, 0.15) is 35.1 Å². The number of aliphatic hydroxyl groups is 1. The summed E-state index contributed by atoms with van der Waals surface area (Å²) in [6, 6.07) is 30.7. The molecule has 0 fully saturated rings. The van der Waals surface area contributed by atoms with Crippen molar-refractivity contribution in [2.75, 3.05) is 41.2 Å². The van der Waals surface area contributed by atoms with E-state index in [1.165, 1.54) is 0 Å². The summed E-state index contributed by atoms with van der Waals surface area (Å²) in [5.74, 6) is 2.93. The monoisotopic (exact) mass is 664 g/mol. The van der Waals surface area contributed by atoms with Gasteiger partial charge in [0.15, 0.2) is 0 Å². The van der Waals surface area contributed by atoms with Gasteiger partial charge in [0.1, 0.15) is 23.0 Å². The Morgan fingerprint density at radius 1 is 0.522 bits per heavy atom. The lowest BCUT2D eigenvalue weighted by atomic mass is 10.2. The first-order chi connectivity index (χ1) is 22.2. The van der Waals surface area contributed by atoms with E-state index in [2.05, 4.69) is 0 Å². The highest BCUT2D eigenvalue weighted by Crippen LogP contribution is 2.64. The van der Waals surface area contributed by atoms with Gasteiger partial charge in [-0.1, -0.05) is 48.5 Å². The molecular weight excluding hydrogens is 618 g/mol. The Morgan fingerprint density at radius 2 is 0.826 bits per heavy atom. The molecule has 0 radical (unpaired) electrons. The number of ether oxygens (including phenoxy) is 4. The lowest BCUT2D eigenvalue weighted by molar-refractivity contribution is 0.284. The normalized spacial score (nSPS) is 12.4. The molecule has 4 aromatic rings. The van der Waals surface area contributed by atoms with Gasteiger partial charge < -0.3 is 33.2 Å². The van der Waals surface area contributed by atoms with Crippen LogP contribution in [0.2, 0.25) is 0 Å². The van der Waals surface area contributed by atoms with Crippen LogP contribution in [-0.4, -0.2) is 52.0 Å². The average molecular weight is 665 g/mol. The van der Waals surface area contributed by atoms with Gasteiger partial charge in [0.05, 0.1) is 42.7 Å². The third-order valence-electron chi connectivity index (χ3n) is 8.38. The van der Waals surface area contributed by atoms with Gasteiger partial charge in [-0.3, -0.25) is 0 Å². The number of rotatable bonds is 18. The molecule has 1 N–H and O–H groups in total. The van der Waals surface area contributed by atoms with E-state index < -0.39 is 14.3 Å². The van der Waals surface area contributed by atoms with Crippen LogP contribution in [0.5, 0.6) is 23.0 Å². The maximum atomic E-state index is 15.5. The van der Waals surface area contributed by atoms with Crippen molar-refractivity contribution in [2.45, 2.75) is 43.1 Å². The predicted molar refractivity (Wildman–Crippen MR) is 187 cm³/mol. The Morgan fingerprint density at radius 3 is 1.11 bits per heavy atom. The molecule has 1 unspecified atom stereocenters. The van der Waals surface area contributed by atoms with Crippen LogP contribution in [0, 0.1) is 0 Å². The van der Waals surface area contributed by atoms with Crippen LogP contribution in [0.25, 0.3) is 0 Å². The molecular formula is C37H46O7P2. The van der Waals surface area contributed by atoms with Crippen LogP contribution in [-0.2, 0) is 33.8 Å². The number of hydrogen-bond donors (Lipinski definition) is 1. The molecule has 4 rings (SSSR count). The van der Waals surface area contributed by atoms with Crippen molar-refractivity contribution in [1.82, 2.24) is 0 Å². The van der Waals surface area contributed by atoms with Crippen molar-refractivity contribution < 1.29 is 33.2 Å². The van der Waals surface area contributed by atoms with E-state index >= 15 is 9.13 Å². The van der Waals surface area contributed by atoms with Crippen molar-refractivity contribution >= 4 is 14.3 Å². The summed E-state index contributed by atoms with van der Waals surface area (Å²) >= 11 is 0. The lowest BCUT2D eigenvalue weighted by Crippen LogP contribution is -2.19. The Kier molecular flexibility index (Phi) is 13.0. The quantitative estimate of drug-likeness (QED) is 0.106. The van der Waals surface area contributed by atoms with Crippen molar-refractivity contribution in [3.8, 4) is 23.0 Å². The lowest BCUT2D eigenvalue weighted by Gasteiger charge is -2.32. The fourth-order valence-corrected chi connectivity index (χ4v) is 14.0. The van der Waals surface area contributed by atoms with Crippen LogP contribution in [0.15, 0.2) is 97.1 Å². The fourth-order valence-electron chi connectivity index (χ4n) is 5.89. The smallest absolute Gasteiger partial charge is 0.118 e. The molecule has 0 saturated carbocycles. The molecule has 7 nitrogen and oxygen atoms in total. The summed E-state index contributed by atoms with van der Waals surface area (Å²) in [5.41, 5.74) is 3.39. The van der Waals surface area contributed by atoms with E-state index in [9.17, 15) is 5.11 Å². The first kappa shape index (κ1) is 35.4. The minimum Gasteiger partial charge on any atom is -0.497 e. The molecule has 0 aromatic heterocycles. The second-order valence-corrected chi connectivity index (χ2v) is 18.1. The molecule has 1 atom stereocenters. The fraction of sp³-hybridized carbons (Fsp3) is 0.351. The van der Waals surface area contributed by atoms with Gasteiger partial charge in [0, 0.05) is 43.1 Å². The molecule has 4 aromatic carbocycles. The van der Waals surface area contributed by atoms with E-state index in [-0.39, 0.29) is 12.3 Å². The van der Waals surface area contributed by atoms with E-state index in [1.54, 1.807) is 28.4 Å². The molecule has 46 heavy (non-hydrogen) atoms. The Balaban J connectivity index is 1.75. The maximum absolute atomic E-state index is 15.5. The Labute approximate surface area is 273 Å². The highest BCUT2D eigenvalue weighted by molar-refractivity contribution is 7.67. The largest absolute Gasteiger partial charge is 0.497 e. The number of aliphatic hydroxyl groups excluding tert-OH is 1. The van der Waals surface area contributed by atoms with Gasteiger partial charge in [-0.2, -0.15) is 0 Å². The van der Waals surface area contributed by atoms with Gasteiger partial charge in [0.25, 0.3) is 0 Å². The van der Waals surface area contributed by atoms with Crippen LogP contribution < -0.4 is 18.9 Å². The minimum atomic E-state index is -3.09. The summed E-state index contributed by atoms with van der Waals surface area (Å²) in [5, 5.41) is 9.93. The zero-order chi connectivity index (χ0) is 33.0. The van der Waals surface area contributed by atoms with Crippen molar-refractivity contribution in [1.29, 1.82) is 0 Å². The second kappa shape index (κ2) is 16.9. The van der Waals surface area contributed by atoms with Gasteiger partial charge in [-0.05, 0) is 83.6 Å². The molecule has 246 valence electrons. The van der Waals surface area contributed by atoms with Gasteiger partial charge in [-0.25, -0.2) is 0 Å². The molecule has 0 saturated heterocycles. The van der Waals surface area contributed by atoms with E-state index in [1.807, 2.05) is 97.1 Å². The van der Waals surface area contributed by atoms with Crippen molar-refractivity contribution in [3.63, 3.8) is 0 Å². The highest BCUT2D eigenvalue weighted by Gasteiger charge is 2.38. The average Bonchev–Trinajstić information content (AvgIpc) is 3.08. The zero-order valence-corrected chi connectivity index (χ0v) is 29.1. The zero-order valence-electron chi connectivity index (χ0n) is 27.3. The first-order valence-electron chi connectivity index (χ1n) is 15.5. The molecule has 0 heterocycles. The summed E-state index contributed by atoms with van der Waals surface area (Å²) in [4.78, 5) is 0. The third kappa shape index (κ3) is 10.00. The van der Waals surface area contributed by atoms with Gasteiger partial charge in [-0.15, -0.1) is 0 Å².